The zero-order valence-electron chi connectivity index (χ0n) is 11.5. The number of amides is 1. The molecular weight excluding hydrogens is 318 g/mol. The summed E-state index contributed by atoms with van der Waals surface area (Å²) in [5.74, 6) is -0.177. The van der Waals surface area contributed by atoms with E-state index in [1.54, 1.807) is 6.07 Å². The number of carbonyl (C=O) groups excluding carboxylic acids is 1. The minimum Gasteiger partial charge on any atom is -0.457 e. The molecule has 20 heavy (non-hydrogen) atoms. The first-order valence-corrected chi connectivity index (χ1v) is 7.63. The predicted octanol–water partition coefficient (Wildman–Crippen LogP) is 5.03. The van der Waals surface area contributed by atoms with E-state index in [9.17, 15) is 4.79 Å². The van der Waals surface area contributed by atoms with Crippen LogP contribution in [0.1, 0.15) is 42.1 Å². The second-order valence-corrected chi connectivity index (χ2v) is 5.44. The maximum absolute atomic E-state index is 12.0. The highest BCUT2D eigenvalue weighted by Gasteiger charge is 2.12. The van der Waals surface area contributed by atoms with E-state index in [2.05, 4.69) is 40.3 Å². The summed E-state index contributed by atoms with van der Waals surface area (Å²) in [6, 6.07) is 9.64. The summed E-state index contributed by atoms with van der Waals surface area (Å²) in [6.45, 7) is 2.20. The molecule has 0 saturated carbocycles. The van der Waals surface area contributed by atoms with Gasteiger partial charge >= 0.3 is 0 Å². The van der Waals surface area contributed by atoms with Gasteiger partial charge in [-0.15, -0.1) is 0 Å². The van der Waals surface area contributed by atoms with Crippen molar-refractivity contribution in [2.45, 2.75) is 32.6 Å². The van der Waals surface area contributed by atoms with Gasteiger partial charge in [-0.3, -0.25) is 4.79 Å². The summed E-state index contributed by atoms with van der Waals surface area (Å²) >= 11 is 3.20. The van der Waals surface area contributed by atoms with E-state index in [0.29, 0.717) is 10.2 Å². The van der Waals surface area contributed by atoms with Crippen molar-refractivity contribution in [3.8, 4) is 0 Å². The fourth-order valence-electron chi connectivity index (χ4n) is 1.99. The zero-order chi connectivity index (χ0) is 14.4. The van der Waals surface area contributed by atoms with Crippen LogP contribution in [0.3, 0.4) is 0 Å². The van der Waals surface area contributed by atoms with Crippen molar-refractivity contribution in [3.63, 3.8) is 0 Å². The van der Waals surface area contributed by atoms with Crippen molar-refractivity contribution in [3.05, 3.63) is 52.4 Å². The third-order valence-corrected chi connectivity index (χ3v) is 3.76. The van der Waals surface area contributed by atoms with Gasteiger partial charge in [-0.1, -0.05) is 31.9 Å². The largest absolute Gasteiger partial charge is 0.457 e. The van der Waals surface area contributed by atoms with Crippen LogP contribution in [-0.4, -0.2) is 5.91 Å². The SMILES string of the molecule is CCCCCc1ccc(NC(=O)c2ccoc2Br)cc1. The topological polar surface area (TPSA) is 42.2 Å². The van der Waals surface area contributed by atoms with Crippen molar-refractivity contribution < 1.29 is 9.21 Å². The Labute approximate surface area is 127 Å². The van der Waals surface area contributed by atoms with E-state index in [4.69, 9.17) is 4.42 Å². The summed E-state index contributed by atoms with van der Waals surface area (Å²) in [5.41, 5.74) is 2.60. The lowest BCUT2D eigenvalue weighted by atomic mass is 10.1. The molecule has 0 aliphatic heterocycles. The molecule has 0 unspecified atom stereocenters. The van der Waals surface area contributed by atoms with Crippen LogP contribution in [-0.2, 0) is 6.42 Å². The third-order valence-electron chi connectivity index (χ3n) is 3.14. The quantitative estimate of drug-likeness (QED) is 0.752. The van der Waals surface area contributed by atoms with Crippen LogP contribution in [0.25, 0.3) is 0 Å². The number of anilines is 1. The number of hydrogen-bond acceptors (Lipinski definition) is 2. The molecule has 2 rings (SSSR count). The molecule has 0 bridgehead atoms. The lowest BCUT2D eigenvalue weighted by Gasteiger charge is -2.06. The van der Waals surface area contributed by atoms with Crippen molar-refractivity contribution in [2.24, 2.45) is 0 Å². The number of furan rings is 1. The molecule has 1 aromatic heterocycles. The van der Waals surface area contributed by atoms with Gasteiger partial charge in [-0.05, 0) is 52.5 Å². The van der Waals surface area contributed by atoms with Crippen LogP contribution in [0.15, 0.2) is 45.7 Å². The molecule has 1 aromatic carbocycles. The molecule has 2 aromatic rings. The van der Waals surface area contributed by atoms with Crippen molar-refractivity contribution in [2.75, 3.05) is 5.32 Å². The van der Waals surface area contributed by atoms with E-state index in [-0.39, 0.29) is 5.91 Å². The molecule has 0 atom stereocenters. The van der Waals surface area contributed by atoms with Gasteiger partial charge in [0.1, 0.15) is 0 Å². The molecule has 4 heteroatoms. The molecule has 3 nitrogen and oxygen atoms in total. The van der Waals surface area contributed by atoms with Crippen molar-refractivity contribution in [1.29, 1.82) is 0 Å². The molecule has 0 saturated heterocycles. The second kappa shape index (κ2) is 7.29. The minimum atomic E-state index is -0.177. The third kappa shape index (κ3) is 3.97. The molecule has 106 valence electrons. The fourth-order valence-corrected chi connectivity index (χ4v) is 2.41. The molecule has 0 fully saturated rings. The second-order valence-electron chi connectivity index (χ2n) is 4.72. The Morgan fingerprint density at radius 3 is 2.55 bits per heavy atom. The molecule has 0 spiro atoms. The average Bonchev–Trinajstić information content (AvgIpc) is 2.87. The first-order valence-electron chi connectivity index (χ1n) is 6.84. The Kier molecular flexibility index (Phi) is 5.41. The molecule has 1 amide bonds. The summed E-state index contributed by atoms with van der Waals surface area (Å²) < 4.78 is 5.50. The van der Waals surface area contributed by atoms with E-state index in [0.717, 1.165) is 12.1 Å². The predicted molar refractivity (Wildman–Crippen MR) is 84.0 cm³/mol. The van der Waals surface area contributed by atoms with E-state index in [1.165, 1.54) is 31.1 Å². The van der Waals surface area contributed by atoms with Crippen molar-refractivity contribution >= 4 is 27.5 Å². The van der Waals surface area contributed by atoms with E-state index in [1.807, 2.05) is 12.1 Å². The molecule has 1 heterocycles. The maximum Gasteiger partial charge on any atom is 0.260 e. The number of carbonyl (C=O) groups is 1. The van der Waals surface area contributed by atoms with Gasteiger partial charge in [0, 0.05) is 5.69 Å². The van der Waals surface area contributed by atoms with Gasteiger partial charge in [0.15, 0.2) is 4.67 Å². The van der Waals surface area contributed by atoms with E-state index >= 15 is 0 Å². The smallest absolute Gasteiger partial charge is 0.260 e. The summed E-state index contributed by atoms with van der Waals surface area (Å²) in [6.07, 6.45) is 6.27. The average molecular weight is 336 g/mol. The summed E-state index contributed by atoms with van der Waals surface area (Å²) in [5, 5.41) is 2.85. The van der Waals surface area contributed by atoms with Crippen LogP contribution in [0.5, 0.6) is 0 Å². The maximum atomic E-state index is 12.0. The van der Waals surface area contributed by atoms with Crippen LogP contribution in [0, 0.1) is 0 Å². The lowest BCUT2D eigenvalue weighted by Crippen LogP contribution is -2.11. The first-order chi connectivity index (χ1) is 9.70. The standard InChI is InChI=1S/C16H18BrNO2/c1-2-3-4-5-12-6-8-13(9-7-12)18-16(19)14-10-11-20-15(14)17/h6-11H,2-5H2,1H3,(H,18,19). The van der Waals surface area contributed by atoms with Crippen LogP contribution in [0.2, 0.25) is 0 Å². The van der Waals surface area contributed by atoms with Gasteiger partial charge in [-0.25, -0.2) is 0 Å². The number of halogens is 1. The van der Waals surface area contributed by atoms with Gasteiger partial charge in [0.2, 0.25) is 0 Å². The van der Waals surface area contributed by atoms with Crippen molar-refractivity contribution in [1.82, 2.24) is 0 Å². The molecule has 0 aliphatic rings. The monoisotopic (exact) mass is 335 g/mol. The summed E-state index contributed by atoms with van der Waals surface area (Å²) in [7, 11) is 0. The Morgan fingerprint density at radius 1 is 1.20 bits per heavy atom. The Balaban J connectivity index is 1.93. The fraction of sp³-hybridized carbons (Fsp3) is 0.312. The highest BCUT2D eigenvalue weighted by atomic mass is 79.9. The van der Waals surface area contributed by atoms with Crippen LogP contribution in [0.4, 0.5) is 5.69 Å². The number of unbranched alkanes of at least 4 members (excludes halogenated alkanes) is 2. The first kappa shape index (κ1) is 14.9. The normalized spacial score (nSPS) is 10.5. The molecular formula is C16H18BrNO2. The molecule has 1 N–H and O–H groups in total. The van der Waals surface area contributed by atoms with Crippen LogP contribution >= 0.6 is 15.9 Å². The van der Waals surface area contributed by atoms with Gasteiger partial charge in [-0.2, -0.15) is 0 Å². The highest BCUT2D eigenvalue weighted by Crippen LogP contribution is 2.19. The number of hydrogen-bond donors (Lipinski definition) is 1. The Bertz CT molecular complexity index is 560. The zero-order valence-corrected chi connectivity index (χ0v) is 13.1. The number of benzene rings is 1. The number of aryl methyl sites for hydroxylation is 1. The summed E-state index contributed by atoms with van der Waals surface area (Å²) in [4.78, 5) is 12.0. The molecule has 0 radical (unpaired) electrons. The Morgan fingerprint density at radius 2 is 1.95 bits per heavy atom. The number of nitrogens with one attached hydrogen (secondary N) is 1. The van der Waals surface area contributed by atoms with Gasteiger partial charge < -0.3 is 9.73 Å². The highest BCUT2D eigenvalue weighted by molar-refractivity contribution is 9.10. The van der Waals surface area contributed by atoms with E-state index < -0.39 is 0 Å². The Hall–Kier alpha value is -1.55. The minimum absolute atomic E-state index is 0.177. The lowest BCUT2D eigenvalue weighted by molar-refractivity contribution is 0.102. The van der Waals surface area contributed by atoms with Crippen LogP contribution < -0.4 is 5.32 Å². The van der Waals surface area contributed by atoms with Gasteiger partial charge in [0.05, 0.1) is 11.8 Å². The molecule has 0 aliphatic carbocycles. The number of rotatable bonds is 6. The van der Waals surface area contributed by atoms with Gasteiger partial charge in [0.25, 0.3) is 5.91 Å².